The van der Waals surface area contributed by atoms with E-state index in [1.807, 2.05) is 14.1 Å². The molecule has 0 atom stereocenters. The minimum atomic E-state index is 0.126. The number of carbonyl (C=O) groups excluding carboxylic acids is 1. The average molecular weight is 323 g/mol. The van der Waals surface area contributed by atoms with Gasteiger partial charge in [0.15, 0.2) is 0 Å². The molecule has 0 saturated carbocycles. The number of nitrogens with zero attached hydrogens (tertiary/aromatic N) is 1. The molecule has 3 heteroatoms. The fourth-order valence-corrected chi connectivity index (χ4v) is 2.40. The van der Waals surface area contributed by atoms with Gasteiger partial charge in [0.1, 0.15) is 0 Å². The van der Waals surface area contributed by atoms with E-state index < -0.39 is 0 Å². The van der Waals surface area contributed by atoms with E-state index in [1.54, 1.807) is 5.01 Å². The van der Waals surface area contributed by atoms with Crippen LogP contribution in [0.5, 0.6) is 0 Å². The zero-order valence-corrected chi connectivity index (χ0v) is 15.7. The Balaban J connectivity index is 3.26. The molecule has 0 spiro atoms. The quantitative estimate of drug-likeness (QED) is 0.249. The van der Waals surface area contributed by atoms with Crippen LogP contribution < -0.4 is 5.43 Å². The van der Waals surface area contributed by atoms with E-state index in [0.717, 1.165) is 19.3 Å². The first-order valence-corrected chi connectivity index (χ1v) is 9.43. The van der Waals surface area contributed by atoms with Crippen LogP contribution in [-0.4, -0.2) is 25.0 Å². The smallest absolute Gasteiger partial charge is 0.234 e. The summed E-state index contributed by atoms with van der Waals surface area (Å²) in [7, 11) is 3.68. The van der Waals surface area contributed by atoms with Crippen molar-refractivity contribution in [3.63, 3.8) is 0 Å². The lowest BCUT2D eigenvalue weighted by atomic mass is 10.1. The molecule has 0 radical (unpaired) electrons. The summed E-state index contributed by atoms with van der Waals surface area (Å²) in [5.74, 6) is 0.126. The maximum atomic E-state index is 11.4. The van der Waals surface area contributed by atoms with E-state index in [1.165, 1.54) is 51.4 Å². The third-order valence-corrected chi connectivity index (χ3v) is 3.70. The van der Waals surface area contributed by atoms with Gasteiger partial charge in [-0.25, -0.2) is 5.01 Å². The van der Waals surface area contributed by atoms with Gasteiger partial charge in [0.25, 0.3) is 0 Å². The molecule has 0 aliphatic rings. The molecule has 0 fully saturated rings. The van der Waals surface area contributed by atoms with E-state index in [0.29, 0.717) is 6.42 Å². The fourth-order valence-electron chi connectivity index (χ4n) is 2.40. The summed E-state index contributed by atoms with van der Waals surface area (Å²) >= 11 is 0. The molecule has 0 heterocycles. The monoisotopic (exact) mass is 322 g/mol. The second-order valence-corrected chi connectivity index (χ2v) is 6.41. The lowest BCUT2D eigenvalue weighted by Gasteiger charge is -2.11. The number of hydrogen-bond acceptors (Lipinski definition) is 2. The molecule has 0 aromatic heterocycles. The van der Waals surface area contributed by atoms with E-state index in [4.69, 9.17) is 0 Å². The molecule has 0 rings (SSSR count). The largest absolute Gasteiger partial charge is 0.289 e. The van der Waals surface area contributed by atoms with Gasteiger partial charge in [0.2, 0.25) is 5.91 Å². The molecule has 3 nitrogen and oxygen atoms in total. The van der Waals surface area contributed by atoms with Crippen LogP contribution in [0.3, 0.4) is 0 Å². The van der Waals surface area contributed by atoms with Crippen molar-refractivity contribution in [1.82, 2.24) is 10.4 Å². The first-order valence-electron chi connectivity index (χ1n) is 9.43. The van der Waals surface area contributed by atoms with Crippen molar-refractivity contribution < 1.29 is 4.79 Å². The van der Waals surface area contributed by atoms with Crippen LogP contribution >= 0.6 is 0 Å². The van der Waals surface area contributed by atoms with Crippen molar-refractivity contribution in [1.29, 1.82) is 0 Å². The Morgan fingerprint density at radius 2 is 1.39 bits per heavy atom. The molecule has 1 N–H and O–H groups in total. The maximum absolute atomic E-state index is 11.4. The number of amides is 1. The van der Waals surface area contributed by atoms with Crippen molar-refractivity contribution in [3.05, 3.63) is 24.3 Å². The van der Waals surface area contributed by atoms with E-state index in [9.17, 15) is 4.79 Å². The van der Waals surface area contributed by atoms with Crippen LogP contribution in [0.4, 0.5) is 0 Å². The third-order valence-electron chi connectivity index (χ3n) is 3.70. The summed E-state index contributed by atoms with van der Waals surface area (Å²) in [5.41, 5.74) is 2.77. The van der Waals surface area contributed by atoms with Gasteiger partial charge in [-0.15, -0.1) is 0 Å². The second kappa shape index (κ2) is 17.3. The molecule has 23 heavy (non-hydrogen) atoms. The number of hydrazine groups is 1. The molecular formula is C20H38N2O. The molecule has 0 saturated heterocycles. The number of hydrogen-bond donors (Lipinski definition) is 1. The van der Waals surface area contributed by atoms with Crippen LogP contribution in [0.2, 0.25) is 0 Å². The van der Waals surface area contributed by atoms with E-state index in [-0.39, 0.29) is 5.91 Å². The molecule has 1 amide bonds. The van der Waals surface area contributed by atoms with Crippen LogP contribution in [0.25, 0.3) is 0 Å². The number of allylic oxidation sites excluding steroid dienone is 4. The number of unbranched alkanes of at least 4 members (excludes halogenated alkanes) is 8. The van der Waals surface area contributed by atoms with Gasteiger partial charge in [-0.3, -0.25) is 10.2 Å². The Hall–Kier alpha value is -1.09. The summed E-state index contributed by atoms with van der Waals surface area (Å²) in [6.07, 6.45) is 23.2. The minimum absolute atomic E-state index is 0.126. The zero-order chi connectivity index (χ0) is 17.2. The van der Waals surface area contributed by atoms with Crippen LogP contribution in [-0.2, 0) is 4.79 Å². The highest BCUT2D eigenvalue weighted by atomic mass is 16.2. The standard InChI is InChI=1S/C20H38N2O/c1-4-5-6-7-8-9-10-11-12-13-14-15-16-17-18-19-20(23)21-22(2)3/h8-9,11-12H,4-7,10,13-19H2,1-3H3,(H,21,23)/b9-8-,12-11-. The zero-order valence-electron chi connectivity index (χ0n) is 15.7. The van der Waals surface area contributed by atoms with Crippen LogP contribution in [0.15, 0.2) is 24.3 Å². The molecule has 0 aromatic rings. The Labute approximate surface area is 144 Å². The SMILES string of the molecule is CCCCC/C=C\C/C=C\CCCCCCCC(=O)NN(C)C. The highest BCUT2D eigenvalue weighted by Gasteiger charge is 2.00. The van der Waals surface area contributed by atoms with Crippen molar-refractivity contribution in [2.24, 2.45) is 0 Å². The average Bonchev–Trinajstić information content (AvgIpc) is 2.50. The molecular weight excluding hydrogens is 284 g/mol. The van der Waals surface area contributed by atoms with Crippen molar-refractivity contribution in [2.45, 2.75) is 84.0 Å². The third kappa shape index (κ3) is 18.9. The molecule has 134 valence electrons. The van der Waals surface area contributed by atoms with Gasteiger partial charge in [0, 0.05) is 20.5 Å². The Morgan fingerprint density at radius 3 is 2.00 bits per heavy atom. The van der Waals surface area contributed by atoms with Gasteiger partial charge in [0.05, 0.1) is 0 Å². The Bertz CT molecular complexity index is 322. The topological polar surface area (TPSA) is 32.3 Å². The Kier molecular flexibility index (Phi) is 16.4. The molecule has 0 aromatic carbocycles. The lowest BCUT2D eigenvalue weighted by Crippen LogP contribution is -2.35. The molecule has 0 aliphatic carbocycles. The Morgan fingerprint density at radius 1 is 0.826 bits per heavy atom. The number of carbonyl (C=O) groups is 1. The van der Waals surface area contributed by atoms with Gasteiger partial charge in [-0.1, -0.05) is 63.3 Å². The molecule has 0 aliphatic heterocycles. The van der Waals surface area contributed by atoms with Crippen LogP contribution in [0.1, 0.15) is 84.0 Å². The maximum Gasteiger partial charge on any atom is 0.234 e. The molecule has 0 unspecified atom stereocenters. The van der Waals surface area contributed by atoms with Gasteiger partial charge >= 0.3 is 0 Å². The number of rotatable bonds is 15. The predicted molar refractivity (Wildman–Crippen MR) is 101 cm³/mol. The summed E-state index contributed by atoms with van der Waals surface area (Å²) in [5, 5.41) is 1.70. The second-order valence-electron chi connectivity index (χ2n) is 6.41. The number of nitrogens with one attached hydrogen (secondary N) is 1. The first-order chi connectivity index (χ1) is 11.2. The predicted octanol–water partition coefficient (Wildman–Crippen LogP) is 5.39. The van der Waals surface area contributed by atoms with Crippen molar-refractivity contribution in [3.8, 4) is 0 Å². The van der Waals surface area contributed by atoms with Gasteiger partial charge in [-0.2, -0.15) is 0 Å². The van der Waals surface area contributed by atoms with Crippen molar-refractivity contribution >= 4 is 5.91 Å². The highest BCUT2D eigenvalue weighted by molar-refractivity contribution is 5.75. The van der Waals surface area contributed by atoms with Crippen molar-refractivity contribution in [2.75, 3.05) is 14.1 Å². The summed E-state index contributed by atoms with van der Waals surface area (Å²) in [6, 6.07) is 0. The van der Waals surface area contributed by atoms with Gasteiger partial charge < -0.3 is 0 Å². The summed E-state index contributed by atoms with van der Waals surface area (Å²) in [6.45, 7) is 2.24. The molecule has 0 bridgehead atoms. The first kappa shape index (κ1) is 21.9. The van der Waals surface area contributed by atoms with E-state index >= 15 is 0 Å². The van der Waals surface area contributed by atoms with Crippen LogP contribution in [0, 0.1) is 0 Å². The highest BCUT2D eigenvalue weighted by Crippen LogP contribution is 2.08. The minimum Gasteiger partial charge on any atom is -0.289 e. The normalized spacial score (nSPS) is 11.8. The van der Waals surface area contributed by atoms with Gasteiger partial charge in [-0.05, 0) is 38.5 Å². The van der Waals surface area contributed by atoms with E-state index in [2.05, 4.69) is 36.7 Å². The lowest BCUT2D eigenvalue weighted by molar-refractivity contribution is -0.124. The summed E-state index contributed by atoms with van der Waals surface area (Å²) in [4.78, 5) is 11.4. The summed E-state index contributed by atoms with van der Waals surface area (Å²) < 4.78 is 0. The fraction of sp³-hybridized carbons (Fsp3) is 0.750.